The zero-order chi connectivity index (χ0) is 17.4. The van der Waals surface area contributed by atoms with Gasteiger partial charge in [0.05, 0.1) is 19.6 Å². The van der Waals surface area contributed by atoms with Crippen LogP contribution in [0.1, 0.15) is 6.42 Å². The van der Waals surface area contributed by atoms with Gasteiger partial charge >= 0.3 is 0 Å². The normalized spacial score (nSPS) is 16.5. The highest BCUT2D eigenvalue weighted by Crippen LogP contribution is 2.26. The Balaban J connectivity index is 0.00000312. The maximum Gasteiger partial charge on any atom is 0.227 e. The maximum atomic E-state index is 12.2. The lowest BCUT2D eigenvalue weighted by Gasteiger charge is -2.17. The number of methoxy groups -OCH3 is 2. The highest BCUT2D eigenvalue weighted by Gasteiger charge is 2.34. The average molecular weight is 372 g/mol. The number of hydrogen-bond acceptors (Lipinski definition) is 5. The van der Waals surface area contributed by atoms with Crippen molar-refractivity contribution >= 4 is 29.9 Å². The Morgan fingerprint density at radius 1 is 1.20 bits per heavy atom. The van der Waals surface area contributed by atoms with Gasteiger partial charge in [-0.05, 0) is 24.3 Å². The summed E-state index contributed by atoms with van der Waals surface area (Å²) in [5.41, 5.74) is 0.789. The van der Waals surface area contributed by atoms with Crippen LogP contribution < -0.4 is 20.3 Å². The number of rotatable bonds is 9. The number of carbonyl (C=O) groups is 2. The second-order valence-corrected chi connectivity index (χ2v) is 5.64. The zero-order valence-electron chi connectivity index (χ0n) is 14.6. The molecular weight excluding hydrogens is 346 g/mol. The quantitative estimate of drug-likeness (QED) is 0.628. The third kappa shape index (κ3) is 6.19. The first kappa shape index (κ1) is 21.2. The molecule has 1 aliphatic rings. The molecule has 1 atom stereocenters. The Labute approximate surface area is 154 Å². The molecule has 1 aromatic carbocycles. The first-order valence-corrected chi connectivity index (χ1v) is 8.07. The molecule has 8 heteroatoms. The summed E-state index contributed by atoms with van der Waals surface area (Å²) in [7, 11) is 3.25. The molecule has 1 unspecified atom stereocenters. The third-order valence-electron chi connectivity index (χ3n) is 3.96. The summed E-state index contributed by atoms with van der Waals surface area (Å²) < 4.78 is 10.0. The van der Waals surface area contributed by atoms with E-state index in [4.69, 9.17) is 9.47 Å². The van der Waals surface area contributed by atoms with Crippen LogP contribution in [0.4, 0.5) is 5.69 Å². The molecule has 2 rings (SSSR count). The van der Waals surface area contributed by atoms with Gasteiger partial charge in [-0.3, -0.25) is 9.59 Å². The van der Waals surface area contributed by atoms with Crippen molar-refractivity contribution in [1.82, 2.24) is 10.6 Å². The average Bonchev–Trinajstić information content (AvgIpc) is 3.00. The van der Waals surface area contributed by atoms with E-state index in [1.54, 1.807) is 19.1 Å². The predicted molar refractivity (Wildman–Crippen MR) is 98.5 cm³/mol. The van der Waals surface area contributed by atoms with Gasteiger partial charge in [0.1, 0.15) is 5.75 Å². The Hall–Kier alpha value is -1.83. The van der Waals surface area contributed by atoms with E-state index < -0.39 is 0 Å². The lowest BCUT2D eigenvalue weighted by Crippen LogP contribution is -2.37. The van der Waals surface area contributed by atoms with E-state index in [-0.39, 0.29) is 36.6 Å². The summed E-state index contributed by atoms with van der Waals surface area (Å²) in [5, 5.41) is 6.03. The fourth-order valence-corrected chi connectivity index (χ4v) is 2.61. The van der Waals surface area contributed by atoms with Gasteiger partial charge in [0.15, 0.2) is 0 Å². The molecule has 2 N–H and O–H groups in total. The molecule has 25 heavy (non-hydrogen) atoms. The molecule has 140 valence electrons. The molecule has 1 saturated heterocycles. The third-order valence-corrected chi connectivity index (χ3v) is 3.96. The number of anilines is 1. The van der Waals surface area contributed by atoms with Crippen molar-refractivity contribution in [2.75, 3.05) is 51.9 Å². The highest BCUT2D eigenvalue weighted by molar-refractivity contribution is 6.00. The van der Waals surface area contributed by atoms with Crippen LogP contribution in [0.3, 0.4) is 0 Å². The number of nitrogens with zero attached hydrogens (tertiary/aromatic N) is 1. The topological polar surface area (TPSA) is 79.9 Å². The van der Waals surface area contributed by atoms with Crippen molar-refractivity contribution in [2.45, 2.75) is 6.42 Å². The van der Waals surface area contributed by atoms with E-state index in [1.807, 2.05) is 24.3 Å². The van der Waals surface area contributed by atoms with Gasteiger partial charge in [0.2, 0.25) is 11.8 Å². The van der Waals surface area contributed by atoms with Crippen LogP contribution in [0.25, 0.3) is 0 Å². The molecule has 0 saturated carbocycles. The molecule has 0 aliphatic carbocycles. The van der Waals surface area contributed by atoms with Crippen LogP contribution in [0, 0.1) is 5.92 Å². The first-order valence-electron chi connectivity index (χ1n) is 8.07. The molecule has 0 bridgehead atoms. The van der Waals surface area contributed by atoms with E-state index >= 15 is 0 Å². The molecular formula is C17H26ClN3O4. The summed E-state index contributed by atoms with van der Waals surface area (Å²) in [5.74, 6) is 0.325. The monoisotopic (exact) mass is 371 g/mol. The molecule has 0 spiro atoms. The van der Waals surface area contributed by atoms with Gasteiger partial charge in [0.25, 0.3) is 0 Å². The number of nitrogens with one attached hydrogen (secondary N) is 2. The summed E-state index contributed by atoms with van der Waals surface area (Å²) >= 11 is 0. The maximum absolute atomic E-state index is 12.2. The Kier molecular flexibility index (Phi) is 9.26. The fraction of sp³-hybridized carbons (Fsp3) is 0.529. The minimum absolute atomic E-state index is 0. The minimum Gasteiger partial charge on any atom is -0.497 e. The van der Waals surface area contributed by atoms with Gasteiger partial charge in [-0.1, -0.05) is 0 Å². The van der Waals surface area contributed by atoms with E-state index in [2.05, 4.69) is 10.6 Å². The number of amides is 2. The predicted octanol–water partition coefficient (Wildman–Crippen LogP) is 0.822. The van der Waals surface area contributed by atoms with Crippen molar-refractivity contribution in [3.8, 4) is 5.75 Å². The number of hydrogen-bond donors (Lipinski definition) is 2. The van der Waals surface area contributed by atoms with E-state index in [0.717, 1.165) is 18.0 Å². The second-order valence-electron chi connectivity index (χ2n) is 5.64. The summed E-state index contributed by atoms with van der Waals surface area (Å²) in [4.78, 5) is 26.0. The van der Waals surface area contributed by atoms with Gasteiger partial charge in [-0.25, -0.2) is 0 Å². The van der Waals surface area contributed by atoms with Gasteiger partial charge in [0, 0.05) is 45.4 Å². The van der Waals surface area contributed by atoms with Crippen LogP contribution in [0.15, 0.2) is 24.3 Å². The number of benzene rings is 1. The molecule has 7 nitrogen and oxygen atoms in total. The first-order chi connectivity index (χ1) is 11.7. The molecule has 0 aromatic heterocycles. The number of carbonyl (C=O) groups excluding carboxylic acids is 2. The number of ether oxygens (including phenoxy) is 2. The van der Waals surface area contributed by atoms with Crippen LogP contribution in [-0.2, 0) is 14.3 Å². The van der Waals surface area contributed by atoms with Crippen LogP contribution in [0.5, 0.6) is 5.75 Å². The van der Waals surface area contributed by atoms with Crippen LogP contribution in [-0.4, -0.2) is 58.8 Å². The van der Waals surface area contributed by atoms with E-state index in [9.17, 15) is 9.59 Å². The van der Waals surface area contributed by atoms with Gasteiger partial charge in [-0.15, -0.1) is 12.4 Å². The molecule has 0 radical (unpaired) electrons. The lowest BCUT2D eigenvalue weighted by atomic mass is 10.1. The minimum atomic E-state index is -0.307. The molecule has 1 heterocycles. The van der Waals surface area contributed by atoms with Crippen molar-refractivity contribution in [3.05, 3.63) is 24.3 Å². The molecule has 1 aliphatic heterocycles. The van der Waals surface area contributed by atoms with Crippen LogP contribution in [0.2, 0.25) is 0 Å². The van der Waals surface area contributed by atoms with E-state index in [0.29, 0.717) is 26.2 Å². The largest absolute Gasteiger partial charge is 0.497 e. The van der Waals surface area contributed by atoms with Crippen molar-refractivity contribution in [3.63, 3.8) is 0 Å². The number of halogens is 1. The van der Waals surface area contributed by atoms with Gasteiger partial charge < -0.3 is 25.0 Å². The van der Waals surface area contributed by atoms with Crippen molar-refractivity contribution < 1.29 is 19.1 Å². The smallest absolute Gasteiger partial charge is 0.227 e. The van der Waals surface area contributed by atoms with E-state index in [1.165, 1.54) is 0 Å². The fourth-order valence-electron chi connectivity index (χ4n) is 2.61. The highest BCUT2D eigenvalue weighted by atomic mass is 35.5. The van der Waals surface area contributed by atoms with Crippen molar-refractivity contribution in [1.29, 1.82) is 0 Å². The Morgan fingerprint density at radius 3 is 2.56 bits per heavy atom. The standard InChI is InChI=1S/C17H25N3O4.ClH/c1-23-10-9-18-7-8-19-17(22)13-11-16(21)20(12-13)14-3-5-15(24-2)6-4-14;/h3-6,13,18H,7-12H2,1-2H3,(H,19,22);1H. The summed E-state index contributed by atoms with van der Waals surface area (Å²) in [6.45, 7) is 3.02. The Morgan fingerprint density at radius 2 is 1.92 bits per heavy atom. The molecule has 2 amide bonds. The molecule has 1 aromatic rings. The Bertz CT molecular complexity index is 553. The SMILES string of the molecule is COCCNCCNC(=O)C1CC(=O)N(c2ccc(OC)cc2)C1.Cl. The van der Waals surface area contributed by atoms with Crippen LogP contribution >= 0.6 is 12.4 Å². The summed E-state index contributed by atoms with van der Waals surface area (Å²) in [6.07, 6.45) is 0.245. The lowest BCUT2D eigenvalue weighted by molar-refractivity contribution is -0.126. The van der Waals surface area contributed by atoms with Gasteiger partial charge in [-0.2, -0.15) is 0 Å². The van der Waals surface area contributed by atoms with Crippen molar-refractivity contribution in [2.24, 2.45) is 5.92 Å². The molecule has 1 fully saturated rings. The zero-order valence-corrected chi connectivity index (χ0v) is 15.4. The second kappa shape index (κ2) is 10.9. The summed E-state index contributed by atoms with van der Waals surface area (Å²) in [6, 6.07) is 7.27.